The van der Waals surface area contributed by atoms with E-state index in [1.165, 1.54) is 0 Å². The number of aryl methyl sites for hydroxylation is 1. The van der Waals surface area contributed by atoms with Gasteiger partial charge in [0.1, 0.15) is 6.04 Å². The topological polar surface area (TPSA) is 73.1 Å². The van der Waals surface area contributed by atoms with Gasteiger partial charge in [0, 0.05) is 13.0 Å². The summed E-state index contributed by atoms with van der Waals surface area (Å²) in [7, 11) is 0. The van der Waals surface area contributed by atoms with Crippen LogP contribution in [0.25, 0.3) is 11.0 Å². The summed E-state index contributed by atoms with van der Waals surface area (Å²) in [5.74, 6) is -0.651. The van der Waals surface area contributed by atoms with E-state index in [4.69, 9.17) is 0 Å². The lowest BCUT2D eigenvalue weighted by molar-refractivity contribution is -0.131. The number of rotatable bonds is 3. The molecule has 1 N–H and O–H groups in total. The smallest absolute Gasteiger partial charge is 0.295 e. The van der Waals surface area contributed by atoms with Crippen molar-refractivity contribution in [2.45, 2.75) is 45.2 Å². The Morgan fingerprint density at radius 3 is 2.64 bits per heavy atom. The lowest BCUT2D eigenvalue weighted by atomic mass is 10.1. The molecule has 22 heavy (non-hydrogen) atoms. The van der Waals surface area contributed by atoms with Gasteiger partial charge in [-0.2, -0.15) is 0 Å². The van der Waals surface area contributed by atoms with Gasteiger partial charge in [-0.25, -0.2) is 4.79 Å². The second-order valence-corrected chi connectivity index (χ2v) is 5.61. The number of fused-ring (bicyclic) bond motifs is 1. The summed E-state index contributed by atoms with van der Waals surface area (Å²) in [4.78, 5) is 36.6. The molecule has 1 unspecified atom stereocenters. The molecule has 0 bridgehead atoms. The predicted molar refractivity (Wildman–Crippen MR) is 82.5 cm³/mol. The summed E-state index contributed by atoms with van der Waals surface area (Å²) in [5.41, 5.74) is 1.39. The van der Waals surface area contributed by atoms with E-state index in [0.29, 0.717) is 25.8 Å². The van der Waals surface area contributed by atoms with E-state index in [1.807, 2.05) is 31.2 Å². The first-order valence-corrected chi connectivity index (χ1v) is 7.67. The normalized spacial score (nSPS) is 19.2. The van der Waals surface area contributed by atoms with Gasteiger partial charge in [-0.05, 0) is 31.4 Å². The Labute approximate surface area is 127 Å². The Morgan fingerprint density at radius 1 is 1.18 bits per heavy atom. The molecule has 0 saturated carbocycles. The average Bonchev–Trinajstić information content (AvgIpc) is 2.65. The van der Waals surface area contributed by atoms with Gasteiger partial charge in [-0.15, -0.1) is 0 Å². The van der Waals surface area contributed by atoms with Crippen LogP contribution in [0.5, 0.6) is 0 Å². The Bertz CT molecular complexity index is 788. The van der Waals surface area contributed by atoms with Crippen molar-refractivity contribution in [3.05, 3.63) is 34.7 Å². The molecule has 1 fully saturated rings. The van der Waals surface area contributed by atoms with Gasteiger partial charge in [0.15, 0.2) is 0 Å². The first kappa shape index (κ1) is 14.6. The minimum Gasteiger partial charge on any atom is -0.295 e. The van der Waals surface area contributed by atoms with E-state index in [2.05, 4.69) is 5.32 Å². The van der Waals surface area contributed by atoms with Crippen molar-refractivity contribution in [2.75, 3.05) is 0 Å². The van der Waals surface area contributed by atoms with Crippen molar-refractivity contribution in [2.24, 2.45) is 0 Å². The number of nitrogens with one attached hydrogen (secondary N) is 1. The maximum absolute atomic E-state index is 12.8. The molecule has 1 aliphatic rings. The molecule has 0 spiro atoms. The van der Waals surface area contributed by atoms with Crippen molar-refractivity contribution < 1.29 is 9.59 Å². The van der Waals surface area contributed by atoms with Gasteiger partial charge in [0.2, 0.25) is 11.8 Å². The maximum atomic E-state index is 12.8. The molecular formula is C16H19N3O3. The molecule has 1 atom stereocenters. The molecule has 0 radical (unpaired) electrons. The third-order valence-electron chi connectivity index (χ3n) is 4.07. The zero-order chi connectivity index (χ0) is 15.7. The maximum Gasteiger partial charge on any atom is 0.329 e. The fraction of sp³-hybridized carbons (Fsp3) is 0.438. The Hall–Kier alpha value is -2.37. The summed E-state index contributed by atoms with van der Waals surface area (Å²) < 4.78 is 3.24. The summed E-state index contributed by atoms with van der Waals surface area (Å²) >= 11 is 0. The molecule has 6 nitrogen and oxygen atoms in total. The highest BCUT2D eigenvalue weighted by Crippen LogP contribution is 2.23. The molecule has 6 heteroatoms. The molecule has 116 valence electrons. The number of amides is 2. The molecule has 2 aromatic rings. The number of hydrogen-bond acceptors (Lipinski definition) is 3. The number of nitrogens with zero attached hydrogens (tertiary/aromatic N) is 2. The second-order valence-electron chi connectivity index (χ2n) is 5.61. The molecule has 1 aliphatic heterocycles. The highest BCUT2D eigenvalue weighted by Gasteiger charge is 2.29. The van der Waals surface area contributed by atoms with Crippen molar-refractivity contribution in [3.8, 4) is 0 Å². The number of imide groups is 1. The molecule has 2 amide bonds. The molecule has 1 aromatic heterocycles. The van der Waals surface area contributed by atoms with Gasteiger partial charge in [-0.3, -0.25) is 24.0 Å². The number of carbonyl (C=O) groups excluding carboxylic acids is 2. The lowest BCUT2D eigenvalue weighted by Crippen LogP contribution is -2.38. The Morgan fingerprint density at radius 2 is 1.91 bits per heavy atom. The quantitative estimate of drug-likeness (QED) is 0.875. The van der Waals surface area contributed by atoms with Crippen molar-refractivity contribution in [1.29, 1.82) is 0 Å². The first-order chi connectivity index (χ1) is 10.6. The van der Waals surface area contributed by atoms with Gasteiger partial charge < -0.3 is 0 Å². The average molecular weight is 301 g/mol. The molecule has 1 saturated heterocycles. The van der Waals surface area contributed by atoms with Crippen LogP contribution in [0.15, 0.2) is 29.1 Å². The van der Waals surface area contributed by atoms with Crippen molar-refractivity contribution in [3.63, 3.8) is 0 Å². The van der Waals surface area contributed by atoms with Gasteiger partial charge in [0.25, 0.3) is 0 Å². The third-order valence-corrected chi connectivity index (χ3v) is 4.07. The van der Waals surface area contributed by atoms with Crippen LogP contribution in [-0.2, 0) is 16.1 Å². The van der Waals surface area contributed by atoms with Crippen LogP contribution in [0, 0.1) is 0 Å². The van der Waals surface area contributed by atoms with E-state index < -0.39 is 6.04 Å². The van der Waals surface area contributed by atoms with Crippen LogP contribution in [-0.4, -0.2) is 20.9 Å². The van der Waals surface area contributed by atoms with Crippen LogP contribution < -0.4 is 11.0 Å². The highest BCUT2D eigenvalue weighted by atomic mass is 16.2. The van der Waals surface area contributed by atoms with E-state index in [1.54, 1.807) is 9.13 Å². The number of carbonyl (C=O) groups is 2. The Balaban J connectivity index is 2.18. The van der Waals surface area contributed by atoms with E-state index in [-0.39, 0.29) is 17.5 Å². The summed E-state index contributed by atoms with van der Waals surface area (Å²) in [6.07, 6.45) is 2.26. The zero-order valence-electron chi connectivity index (χ0n) is 12.5. The fourth-order valence-corrected chi connectivity index (χ4v) is 3.09. The van der Waals surface area contributed by atoms with Crippen LogP contribution in [0.2, 0.25) is 0 Å². The van der Waals surface area contributed by atoms with Crippen LogP contribution >= 0.6 is 0 Å². The van der Waals surface area contributed by atoms with Crippen molar-refractivity contribution in [1.82, 2.24) is 14.5 Å². The summed E-state index contributed by atoms with van der Waals surface area (Å²) in [5, 5.41) is 2.38. The molecular weight excluding hydrogens is 282 g/mol. The van der Waals surface area contributed by atoms with Gasteiger partial charge >= 0.3 is 5.69 Å². The standard InChI is InChI=1S/C16H19N3O3/c1-2-10-18-11-6-3-4-7-12(11)19(16(18)22)13-8-5-9-14(20)17-15(13)21/h3-4,6-7,13H,2,5,8-10H2,1H3,(H,17,20,21). The van der Waals surface area contributed by atoms with E-state index in [9.17, 15) is 14.4 Å². The third kappa shape index (κ3) is 2.34. The number of hydrogen-bond donors (Lipinski definition) is 1. The number of para-hydroxylation sites is 2. The van der Waals surface area contributed by atoms with Crippen molar-refractivity contribution >= 4 is 22.8 Å². The minimum atomic E-state index is -0.623. The zero-order valence-corrected chi connectivity index (χ0v) is 12.5. The first-order valence-electron chi connectivity index (χ1n) is 7.67. The van der Waals surface area contributed by atoms with Crippen LogP contribution in [0.4, 0.5) is 0 Å². The fourth-order valence-electron chi connectivity index (χ4n) is 3.09. The Kier molecular flexibility index (Phi) is 3.83. The predicted octanol–water partition coefficient (Wildman–Crippen LogP) is 1.58. The van der Waals surface area contributed by atoms with Gasteiger partial charge in [0.05, 0.1) is 11.0 Å². The van der Waals surface area contributed by atoms with E-state index >= 15 is 0 Å². The number of imidazole rings is 1. The number of benzene rings is 1. The number of aromatic nitrogens is 2. The largest absolute Gasteiger partial charge is 0.329 e. The van der Waals surface area contributed by atoms with Crippen LogP contribution in [0.3, 0.4) is 0 Å². The summed E-state index contributed by atoms with van der Waals surface area (Å²) in [6, 6.07) is 6.86. The van der Waals surface area contributed by atoms with E-state index in [0.717, 1.165) is 17.5 Å². The lowest BCUT2D eigenvalue weighted by Gasteiger charge is -2.14. The second kappa shape index (κ2) is 5.79. The highest BCUT2D eigenvalue weighted by molar-refractivity contribution is 5.98. The molecule has 2 heterocycles. The minimum absolute atomic E-state index is 0.183. The van der Waals surface area contributed by atoms with Gasteiger partial charge in [-0.1, -0.05) is 19.1 Å². The molecule has 3 rings (SSSR count). The molecule has 1 aromatic carbocycles. The summed E-state index contributed by atoms with van der Waals surface area (Å²) in [6.45, 7) is 2.62. The SMILES string of the molecule is CCCn1c(=O)n(C2CCCC(=O)NC2=O)c2ccccc21. The monoisotopic (exact) mass is 301 g/mol. The molecule has 0 aliphatic carbocycles. The van der Waals surface area contributed by atoms with Crippen LogP contribution in [0.1, 0.15) is 38.6 Å².